The minimum Gasteiger partial charge on any atom is -0.331 e. The summed E-state index contributed by atoms with van der Waals surface area (Å²) in [5.74, 6) is 0.0261. The van der Waals surface area contributed by atoms with Crippen LogP contribution in [0.1, 0.15) is 83.0 Å². The summed E-state index contributed by atoms with van der Waals surface area (Å²) in [6, 6.07) is 10.7. The zero-order valence-corrected chi connectivity index (χ0v) is 21.7. The van der Waals surface area contributed by atoms with Crippen molar-refractivity contribution in [1.82, 2.24) is 9.80 Å². The Morgan fingerprint density at radius 2 is 1.69 bits per heavy atom. The van der Waals surface area contributed by atoms with Crippen molar-refractivity contribution >= 4 is 23.2 Å². The second-order valence-corrected chi connectivity index (χ2v) is 12.2. The third-order valence-corrected chi connectivity index (χ3v) is 7.21. The highest BCUT2D eigenvalue weighted by Gasteiger charge is 2.36. The highest BCUT2D eigenvalue weighted by molar-refractivity contribution is 7.10. The first-order chi connectivity index (χ1) is 14.8. The maximum atomic E-state index is 13.6. The third kappa shape index (κ3) is 5.09. The number of carbonyl (C=O) groups is 2. The molecule has 0 saturated carbocycles. The van der Waals surface area contributed by atoms with E-state index in [9.17, 15) is 9.59 Å². The van der Waals surface area contributed by atoms with Crippen LogP contribution in [0.3, 0.4) is 0 Å². The number of thiophene rings is 1. The second kappa shape index (κ2) is 9.01. The normalized spacial score (nSPS) is 16.8. The lowest BCUT2D eigenvalue weighted by molar-refractivity contribution is -0.148. The van der Waals surface area contributed by atoms with Crippen LogP contribution in [0.2, 0.25) is 0 Å². The Labute approximate surface area is 197 Å². The molecule has 0 radical (unpaired) electrons. The summed E-state index contributed by atoms with van der Waals surface area (Å²) in [5, 5.41) is 2.12. The summed E-state index contributed by atoms with van der Waals surface area (Å²) in [6.07, 6.45) is 0.865. The van der Waals surface area contributed by atoms with Crippen LogP contribution in [0.15, 0.2) is 35.7 Å². The summed E-state index contributed by atoms with van der Waals surface area (Å²) >= 11 is 1.77. The Kier molecular flexibility index (Phi) is 6.90. The Hall–Kier alpha value is -2.14. The van der Waals surface area contributed by atoms with Gasteiger partial charge in [-0.2, -0.15) is 0 Å². The molecule has 1 aromatic carbocycles. The molecular weight excluding hydrogens is 416 g/mol. The molecule has 5 heteroatoms. The van der Waals surface area contributed by atoms with Crippen LogP contribution in [0, 0.1) is 5.41 Å². The molecule has 1 atom stereocenters. The number of hydrogen-bond acceptors (Lipinski definition) is 3. The number of fused-ring (bicyclic) bond motifs is 1. The van der Waals surface area contributed by atoms with Crippen LogP contribution >= 0.6 is 11.3 Å². The van der Waals surface area contributed by atoms with Crippen LogP contribution in [-0.4, -0.2) is 40.7 Å². The molecule has 2 amide bonds. The SMILES string of the molecule is CC(C)N(CC(=O)N1CCc2sccc2C1c1ccc(C(C)(C)C)cc1)C(=O)C(C)(C)C. The van der Waals surface area contributed by atoms with Crippen LogP contribution in [0.4, 0.5) is 0 Å². The fourth-order valence-corrected chi connectivity index (χ4v) is 5.17. The van der Waals surface area contributed by atoms with Crippen molar-refractivity contribution in [2.75, 3.05) is 13.1 Å². The third-order valence-electron chi connectivity index (χ3n) is 6.21. The predicted molar refractivity (Wildman–Crippen MR) is 133 cm³/mol. The van der Waals surface area contributed by atoms with Crippen LogP contribution < -0.4 is 0 Å². The number of carbonyl (C=O) groups excluding carboxylic acids is 2. The molecule has 1 unspecified atom stereocenters. The van der Waals surface area contributed by atoms with Gasteiger partial charge in [0.2, 0.25) is 11.8 Å². The monoisotopic (exact) mass is 454 g/mol. The summed E-state index contributed by atoms with van der Waals surface area (Å²) in [4.78, 5) is 31.7. The Bertz CT molecular complexity index is 961. The molecule has 1 aromatic heterocycles. The van der Waals surface area contributed by atoms with E-state index >= 15 is 0 Å². The van der Waals surface area contributed by atoms with Crippen molar-refractivity contribution in [3.8, 4) is 0 Å². The summed E-state index contributed by atoms with van der Waals surface area (Å²) < 4.78 is 0. The molecule has 1 aliphatic rings. The summed E-state index contributed by atoms with van der Waals surface area (Å²) in [5.41, 5.74) is 3.19. The molecule has 174 valence electrons. The minimum absolute atomic E-state index is 0.0121. The van der Waals surface area contributed by atoms with Gasteiger partial charge in [0.15, 0.2) is 0 Å². The molecule has 0 fully saturated rings. The molecule has 3 rings (SSSR count). The van der Waals surface area contributed by atoms with Crippen LogP contribution in [0.25, 0.3) is 0 Å². The molecular formula is C27H38N2O2S. The van der Waals surface area contributed by atoms with Crippen molar-refractivity contribution in [3.05, 3.63) is 57.3 Å². The Morgan fingerprint density at radius 3 is 2.22 bits per heavy atom. The smallest absolute Gasteiger partial charge is 0.243 e. The fourth-order valence-electron chi connectivity index (χ4n) is 4.27. The van der Waals surface area contributed by atoms with Gasteiger partial charge in [-0.1, -0.05) is 65.8 Å². The van der Waals surface area contributed by atoms with Gasteiger partial charge >= 0.3 is 0 Å². The lowest BCUT2D eigenvalue weighted by Crippen LogP contribution is -2.51. The van der Waals surface area contributed by atoms with E-state index in [-0.39, 0.29) is 35.9 Å². The van der Waals surface area contributed by atoms with Gasteiger partial charge in [-0.05, 0) is 53.8 Å². The maximum Gasteiger partial charge on any atom is 0.243 e. The lowest BCUT2D eigenvalue weighted by atomic mass is 9.85. The van der Waals surface area contributed by atoms with E-state index < -0.39 is 5.41 Å². The molecule has 4 nitrogen and oxygen atoms in total. The van der Waals surface area contributed by atoms with Crippen molar-refractivity contribution < 1.29 is 9.59 Å². The molecule has 0 spiro atoms. The van der Waals surface area contributed by atoms with Crippen molar-refractivity contribution in [2.45, 2.75) is 79.3 Å². The van der Waals surface area contributed by atoms with Crippen molar-refractivity contribution in [2.24, 2.45) is 5.41 Å². The first-order valence-electron chi connectivity index (χ1n) is 11.6. The van der Waals surface area contributed by atoms with E-state index in [1.54, 1.807) is 16.2 Å². The van der Waals surface area contributed by atoms with E-state index in [0.29, 0.717) is 6.54 Å². The van der Waals surface area contributed by atoms with E-state index in [4.69, 9.17) is 0 Å². The largest absolute Gasteiger partial charge is 0.331 e. The summed E-state index contributed by atoms with van der Waals surface area (Å²) in [6.45, 7) is 17.1. The van der Waals surface area contributed by atoms with Gasteiger partial charge in [-0.25, -0.2) is 0 Å². The average Bonchev–Trinajstić information content (AvgIpc) is 3.18. The maximum absolute atomic E-state index is 13.6. The van der Waals surface area contributed by atoms with Gasteiger partial charge < -0.3 is 9.80 Å². The fraction of sp³-hybridized carbons (Fsp3) is 0.556. The van der Waals surface area contributed by atoms with Gasteiger partial charge in [-0.3, -0.25) is 9.59 Å². The average molecular weight is 455 g/mol. The van der Waals surface area contributed by atoms with Gasteiger partial charge in [0, 0.05) is 22.9 Å². The highest BCUT2D eigenvalue weighted by Crippen LogP contribution is 2.38. The van der Waals surface area contributed by atoms with Gasteiger partial charge in [0.05, 0.1) is 6.04 Å². The molecule has 32 heavy (non-hydrogen) atoms. The first kappa shape index (κ1) is 24.5. The Morgan fingerprint density at radius 1 is 1.06 bits per heavy atom. The number of hydrogen-bond donors (Lipinski definition) is 0. The molecule has 0 bridgehead atoms. The lowest BCUT2D eigenvalue weighted by Gasteiger charge is -2.39. The molecule has 0 aliphatic carbocycles. The second-order valence-electron chi connectivity index (χ2n) is 11.2. The van der Waals surface area contributed by atoms with Crippen molar-refractivity contribution in [1.29, 1.82) is 0 Å². The van der Waals surface area contributed by atoms with E-state index in [1.807, 2.05) is 39.5 Å². The molecule has 1 aliphatic heterocycles. The zero-order chi connectivity index (χ0) is 23.8. The molecule has 0 N–H and O–H groups in total. The zero-order valence-electron chi connectivity index (χ0n) is 20.9. The highest BCUT2D eigenvalue weighted by atomic mass is 32.1. The molecule has 2 aromatic rings. The van der Waals surface area contributed by atoms with E-state index in [2.05, 4.69) is 56.5 Å². The van der Waals surface area contributed by atoms with Crippen molar-refractivity contribution in [3.63, 3.8) is 0 Å². The van der Waals surface area contributed by atoms with Gasteiger partial charge in [0.25, 0.3) is 0 Å². The van der Waals surface area contributed by atoms with Crippen LogP contribution in [0.5, 0.6) is 0 Å². The minimum atomic E-state index is -0.519. The predicted octanol–water partition coefficient (Wildman–Crippen LogP) is 5.80. The Balaban J connectivity index is 1.94. The van der Waals surface area contributed by atoms with Crippen LogP contribution in [-0.2, 0) is 21.4 Å². The number of amides is 2. The van der Waals surface area contributed by atoms with Gasteiger partial charge in [0.1, 0.15) is 6.54 Å². The number of nitrogens with zero attached hydrogens (tertiary/aromatic N) is 2. The molecule has 0 saturated heterocycles. The molecule has 2 heterocycles. The first-order valence-corrected chi connectivity index (χ1v) is 12.5. The van der Waals surface area contributed by atoms with E-state index in [1.165, 1.54) is 16.0 Å². The number of benzene rings is 1. The standard InChI is InChI=1S/C27H38N2O2S/c1-18(2)29(25(31)27(6,7)8)17-23(30)28-15-13-22-21(14-16-32-22)24(28)19-9-11-20(12-10-19)26(3,4)5/h9-12,14,16,18,24H,13,15,17H2,1-8H3. The van der Waals surface area contributed by atoms with Gasteiger partial charge in [-0.15, -0.1) is 11.3 Å². The topological polar surface area (TPSA) is 40.6 Å². The summed E-state index contributed by atoms with van der Waals surface area (Å²) in [7, 11) is 0. The number of rotatable bonds is 4. The quantitative estimate of drug-likeness (QED) is 0.585. The van der Waals surface area contributed by atoms with E-state index in [0.717, 1.165) is 12.0 Å².